The van der Waals surface area contributed by atoms with Crippen LogP contribution in [0.1, 0.15) is 30.1 Å². The molecule has 0 saturated heterocycles. The summed E-state index contributed by atoms with van der Waals surface area (Å²) < 4.78 is 4.74. The van der Waals surface area contributed by atoms with Gasteiger partial charge in [0.2, 0.25) is 5.76 Å². The molecular weight excluding hydrogens is 172 g/mol. The lowest BCUT2D eigenvalue weighted by molar-refractivity contribution is 0.0662. The zero-order chi connectivity index (χ0) is 10.0. The van der Waals surface area contributed by atoms with E-state index in [1.165, 1.54) is 0 Å². The van der Waals surface area contributed by atoms with E-state index in [0.29, 0.717) is 18.0 Å². The summed E-state index contributed by atoms with van der Waals surface area (Å²) in [6, 6.07) is -0.0898. The number of carboxylic acid groups (broad SMARTS) is 1. The molecule has 0 aliphatic heterocycles. The van der Waals surface area contributed by atoms with Crippen LogP contribution < -0.4 is 5.73 Å². The maximum Gasteiger partial charge on any atom is 0.373 e. The average molecular weight is 184 g/mol. The molecule has 0 aliphatic carbocycles. The fourth-order valence-electron chi connectivity index (χ4n) is 1.06. The highest BCUT2D eigenvalue weighted by atomic mass is 16.4. The molecule has 0 bridgehead atoms. The maximum absolute atomic E-state index is 10.6. The molecule has 1 rings (SSSR count). The van der Waals surface area contributed by atoms with E-state index in [1.807, 2.05) is 13.8 Å². The Bertz CT molecular complexity index is 317. The Morgan fingerprint density at radius 1 is 1.69 bits per heavy atom. The van der Waals surface area contributed by atoms with E-state index >= 15 is 0 Å². The molecule has 1 aromatic heterocycles. The molecular formula is C8H12N2O3. The highest BCUT2D eigenvalue weighted by Crippen LogP contribution is 2.16. The SMILES string of the molecule is CC(C)Cc1nc(N)oc1C(=O)O. The van der Waals surface area contributed by atoms with Crippen LogP contribution in [0.4, 0.5) is 6.01 Å². The third-order valence-corrected chi connectivity index (χ3v) is 1.51. The fourth-order valence-corrected chi connectivity index (χ4v) is 1.06. The second kappa shape index (κ2) is 3.47. The van der Waals surface area contributed by atoms with E-state index in [9.17, 15) is 4.79 Å². The molecule has 0 unspecified atom stereocenters. The van der Waals surface area contributed by atoms with Crippen LogP contribution in [0.2, 0.25) is 0 Å². The monoisotopic (exact) mass is 184 g/mol. The summed E-state index contributed by atoms with van der Waals surface area (Å²) in [5.41, 5.74) is 5.67. The van der Waals surface area contributed by atoms with Crippen LogP contribution in [0, 0.1) is 5.92 Å². The Balaban J connectivity index is 2.97. The average Bonchev–Trinajstić information content (AvgIpc) is 2.29. The molecule has 0 spiro atoms. The molecule has 72 valence electrons. The quantitative estimate of drug-likeness (QED) is 0.735. The fraction of sp³-hybridized carbons (Fsp3) is 0.500. The topological polar surface area (TPSA) is 89.4 Å². The zero-order valence-electron chi connectivity index (χ0n) is 7.57. The number of nitrogens with zero attached hydrogens (tertiary/aromatic N) is 1. The Kier molecular flexibility index (Phi) is 2.55. The van der Waals surface area contributed by atoms with Crippen molar-refractivity contribution >= 4 is 12.0 Å². The number of aromatic nitrogens is 1. The molecule has 5 heteroatoms. The molecule has 0 atom stereocenters. The van der Waals surface area contributed by atoms with Gasteiger partial charge in [-0.2, -0.15) is 4.98 Å². The van der Waals surface area contributed by atoms with Gasteiger partial charge in [0.1, 0.15) is 0 Å². The number of carboxylic acids is 1. The lowest BCUT2D eigenvalue weighted by Crippen LogP contribution is -2.03. The predicted molar refractivity (Wildman–Crippen MR) is 46.4 cm³/mol. The Hall–Kier alpha value is -1.52. The van der Waals surface area contributed by atoms with Crippen LogP contribution in [0.5, 0.6) is 0 Å². The summed E-state index contributed by atoms with van der Waals surface area (Å²) in [4.78, 5) is 14.4. The predicted octanol–water partition coefficient (Wildman–Crippen LogP) is 1.15. The van der Waals surface area contributed by atoms with Gasteiger partial charge >= 0.3 is 5.97 Å². The van der Waals surface area contributed by atoms with Gasteiger partial charge in [-0.1, -0.05) is 13.8 Å². The van der Waals surface area contributed by atoms with Crippen molar-refractivity contribution in [3.63, 3.8) is 0 Å². The molecule has 1 aromatic rings. The van der Waals surface area contributed by atoms with Crippen LogP contribution in [0.15, 0.2) is 4.42 Å². The number of aromatic carboxylic acids is 1. The largest absolute Gasteiger partial charge is 0.475 e. The van der Waals surface area contributed by atoms with E-state index in [-0.39, 0.29) is 11.8 Å². The molecule has 0 aliphatic rings. The summed E-state index contributed by atoms with van der Waals surface area (Å²) >= 11 is 0. The third kappa shape index (κ3) is 2.21. The minimum absolute atomic E-state index is 0.0898. The van der Waals surface area contributed by atoms with Gasteiger partial charge in [-0.25, -0.2) is 4.79 Å². The molecule has 0 radical (unpaired) electrons. The first-order chi connectivity index (χ1) is 6.00. The summed E-state index contributed by atoms with van der Waals surface area (Å²) in [5.74, 6) is -0.950. The second-order valence-electron chi connectivity index (χ2n) is 3.23. The number of oxazole rings is 1. The van der Waals surface area contributed by atoms with Crippen molar-refractivity contribution in [3.8, 4) is 0 Å². The molecule has 3 N–H and O–H groups in total. The van der Waals surface area contributed by atoms with Crippen LogP contribution in [0.3, 0.4) is 0 Å². The van der Waals surface area contributed by atoms with Crippen molar-refractivity contribution in [3.05, 3.63) is 11.5 Å². The number of hydrogen-bond donors (Lipinski definition) is 2. The third-order valence-electron chi connectivity index (χ3n) is 1.51. The smallest absolute Gasteiger partial charge is 0.373 e. The van der Waals surface area contributed by atoms with Crippen molar-refractivity contribution < 1.29 is 14.3 Å². The number of carbonyl (C=O) groups is 1. The van der Waals surface area contributed by atoms with E-state index in [1.54, 1.807) is 0 Å². The zero-order valence-corrected chi connectivity index (χ0v) is 7.57. The number of anilines is 1. The first kappa shape index (κ1) is 9.57. The summed E-state index contributed by atoms with van der Waals surface area (Å²) in [6.45, 7) is 3.94. The van der Waals surface area contributed by atoms with Crippen molar-refractivity contribution in [1.29, 1.82) is 0 Å². The molecule has 0 saturated carbocycles. The van der Waals surface area contributed by atoms with E-state index < -0.39 is 5.97 Å². The number of nitrogens with two attached hydrogens (primary N) is 1. The highest BCUT2D eigenvalue weighted by molar-refractivity contribution is 5.85. The van der Waals surface area contributed by atoms with Gasteiger partial charge in [-0.15, -0.1) is 0 Å². The first-order valence-corrected chi connectivity index (χ1v) is 3.99. The lowest BCUT2D eigenvalue weighted by atomic mass is 10.1. The van der Waals surface area contributed by atoms with E-state index in [0.717, 1.165) is 0 Å². The van der Waals surface area contributed by atoms with Gasteiger partial charge in [0, 0.05) is 0 Å². The van der Waals surface area contributed by atoms with Crippen molar-refractivity contribution in [2.75, 3.05) is 5.73 Å². The van der Waals surface area contributed by atoms with Gasteiger partial charge in [0.25, 0.3) is 6.01 Å². The second-order valence-corrected chi connectivity index (χ2v) is 3.23. The van der Waals surface area contributed by atoms with Gasteiger partial charge < -0.3 is 15.3 Å². The van der Waals surface area contributed by atoms with E-state index in [4.69, 9.17) is 15.3 Å². The standard InChI is InChI=1S/C8H12N2O3/c1-4(2)3-5-6(7(11)12)13-8(9)10-5/h4H,3H2,1-2H3,(H2,9,10)(H,11,12). The van der Waals surface area contributed by atoms with Gasteiger partial charge in [0.05, 0.1) is 5.69 Å². The van der Waals surface area contributed by atoms with Crippen LogP contribution in [0.25, 0.3) is 0 Å². The Morgan fingerprint density at radius 3 is 2.77 bits per heavy atom. The maximum atomic E-state index is 10.6. The van der Waals surface area contributed by atoms with Gasteiger partial charge in [-0.3, -0.25) is 0 Å². The minimum atomic E-state index is -1.13. The normalized spacial score (nSPS) is 10.7. The highest BCUT2D eigenvalue weighted by Gasteiger charge is 2.18. The molecule has 0 fully saturated rings. The minimum Gasteiger partial charge on any atom is -0.475 e. The summed E-state index contributed by atoms with van der Waals surface area (Å²) in [5, 5.41) is 8.70. The van der Waals surface area contributed by atoms with Crippen molar-refractivity contribution in [2.45, 2.75) is 20.3 Å². The molecule has 0 aromatic carbocycles. The lowest BCUT2D eigenvalue weighted by Gasteiger charge is -1.99. The Labute approximate surface area is 75.6 Å². The molecule has 13 heavy (non-hydrogen) atoms. The molecule has 1 heterocycles. The Morgan fingerprint density at radius 2 is 2.31 bits per heavy atom. The number of hydrogen-bond acceptors (Lipinski definition) is 4. The van der Waals surface area contributed by atoms with Gasteiger partial charge in [0.15, 0.2) is 0 Å². The van der Waals surface area contributed by atoms with Crippen LogP contribution >= 0.6 is 0 Å². The van der Waals surface area contributed by atoms with Crippen LogP contribution in [-0.2, 0) is 6.42 Å². The van der Waals surface area contributed by atoms with E-state index in [2.05, 4.69) is 4.98 Å². The van der Waals surface area contributed by atoms with Crippen molar-refractivity contribution in [1.82, 2.24) is 4.98 Å². The molecule has 0 amide bonds. The number of rotatable bonds is 3. The molecule has 5 nitrogen and oxygen atoms in total. The summed E-state index contributed by atoms with van der Waals surface area (Å²) in [6.07, 6.45) is 0.558. The van der Waals surface area contributed by atoms with Crippen molar-refractivity contribution in [2.24, 2.45) is 5.92 Å². The van der Waals surface area contributed by atoms with Gasteiger partial charge in [-0.05, 0) is 12.3 Å². The first-order valence-electron chi connectivity index (χ1n) is 3.99. The summed E-state index contributed by atoms with van der Waals surface area (Å²) in [7, 11) is 0. The number of nitrogen functional groups attached to an aromatic ring is 1. The van der Waals surface area contributed by atoms with Crippen LogP contribution in [-0.4, -0.2) is 16.1 Å².